The van der Waals surface area contributed by atoms with Crippen LogP contribution in [0.2, 0.25) is 0 Å². The van der Waals surface area contributed by atoms with Crippen LogP contribution in [0.3, 0.4) is 0 Å². The van der Waals surface area contributed by atoms with Crippen molar-refractivity contribution in [1.29, 1.82) is 0 Å². The molecule has 1 atom stereocenters. The minimum atomic E-state index is -1.50. The van der Waals surface area contributed by atoms with Crippen LogP contribution in [0, 0.1) is 0 Å². The number of ether oxygens (including phenoxy) is 1. The molecule has 0 radical (unpaired) electrons. The lowest BCUT2D eigenvalue weighted by atomic mass is 10.3. The van der Waals surface area contributed by atoms with Crippen LogP contribution in [0.15, 0.2) is 43.0 Å². The third-order valence-electron chi connectivity index (χ3n) is 1.11. The zero-order chi connectivity index (χ0) is 9.94. The maximum absolute atomic E-state index is 8.57. The molecule has 3 nitrogen and oxygen atoms in total. The average Bonchev–Trinajstić information content (AvgIpc) is 2.18. The highest BCUT2D eigenvalue weighted by molar-refractivity contribution is 7.16. The van der Waals surface area contributed by atoms with Crippen LogP contribution in [0.4, 0.5) is 0 Å². The van der Waals surface area contributed by atoms with Crippen molar-refractivity contribution >= 4 is 8.69 Å². The van der Waals surface area contributed by atoms with Crippen molar-refractivity contribution in [3.05, 3.63) is 43.0 Å². The van der Waals surface area contributed by atoms with Gasteiger partial charge >= 0.3 is 0 Å². The standard InChI is InChI=1S/C9H10O.H3O2P/c1-2-8-10-9-6-4-3-5-7-9;1-3-2/h2-7H,1,8H2;3H2,(H,1,2). The summed E-state index contributed by atoms with van der Waals surface area (Å²) in [6.45, 7) is 4.12. The second-order valence-electron chi connectivity index (χ2n) is 2.02. The molecule has 0 amide bonds. The van der Waals surface area contributed by atoms with Gasteiger partial charge in [0.1, 0.15) is 12.4 Å². The van der Waals surface area contributed by atoms with Crippen LogP contribution in [0.1, 0.15) is 0 Å². The van der Waals surface area contributed by atoms with Gasteiger partial charge in [-0.25, -0.2) is 0 Å². The first-order valence-corrected chi connectivity index (χ1v) is 4.70. The van der Waals surface area contributed by atoms with Gasteiger partial charge in [-0.05, 0) is 12.1 Å². The molecule has 0 fully saturated rings. The van der Waals surface area contributed by atoms with Gasteiger partial charge in [0, 0.05) is 0 Å². The minimum absolute atomic E-state index is 0.573. The lowest BCUT2D eigenvalue weighted by Gasteiger charge is -1.99. The molecule has 1 N–H and O–H groups in total. The molecule has 0 aliphatic rings. The summed E-state index contributed by atoms with van der Waals surface area (Å²) in [4.78, 5) is 7.10. The van der Waals surface area contributed by atoms with Crippen molar-refractivity contribution in [2.24, 2.45) is 0 Å². The van der Waals surface area contributed by atoms with Crippen LogP contribution in [0.25, 0.3) is 0 Å². The number of hydrogen-bond acceptors (Lipinski definition) is 2. The second kappa shape index (κ2) is 9.04. The van der Waals surface area contributed by atoms with Crippen LogP contribution in [-0.2, 0) is 4.57 Å². The Kier molecular flexibility index (Phi) is 8.31. The summed E-state index contributed by atoms with van der Waals surface area (Å²) in [7, 11) is -1.50. The Hall–Kier alpha value is -1.05. The molecule has 72 valence electrons. The Bertz CT molecular complexity index is 236. The molecule has 1 unspecified atom stereocenters. The SMILES string of the molecule is C=CCOc1ccccc1.O=[PH2]O. The molecule has 0 saturated heterocycles. The quantitative estimate of drug-likeness (QED) is 0.598. The molecule has 1 rings (SSSR count). The van der Waals surface area contributed by atoms with E-state index >= 15 is 0 Å². The normalized spacial score (nSPS) is 9.00. The highest BCUT2D eigenvalue weighted by Crippen LogP contribution is 2.07. The minimum Gasteiger partial charge on any atom is -0.490 e. The summed E-state index contributed by atoms with van der Waals surface area (Å²) < 4.78 is 13.8. The largest absolute Gasteiger partial charge is 0.490 e. The summed E-state index contributed by atoms with van der Waals surface area (Å²) in [5.41, 5.74) is 0. The Morgan fingerprint density at radius 3 is 2.46 bits per heavy atom. The molecule has 13 heavy (non-hydrogen) atoms. The fourth-order valence-corrected chi connectivity index (χ4v) is 0.672. The van der Waals surface area contributed by atoms with E-state index in [-0.39, 0.29) is 0 Å². The van der Waals surface area contributed by atoms with Crippen LogP contribution < -0.4 is 4.74 Å². The Morgan fingerprint density at radius 1 is 1.46 bits per heavy atom. The van der Waals surface area contributed by atoms with E-state index < -0.39 is 8.69 Å². The van der Waals surface area contributed by atoms with E-state index in [1.165, 1.54) is 0 Å². The van der Waals surface area contributed by atoms with Gasteiger partial charge in [-0.3, -0.25) is 4.57 Å². The zero-order valence-electron chi connectivity index (χ0n) is 7.22. The van der Waals surface area contributed by atoms with Gasteiger partial charge < -0.3 is 9.63 Å². The van der Waals surface area contributed by atoms with Crippen molar-refractivity contribution in [2.45, 2.75) is 0 Å². The smallest absolute Gasteiger partial charge is 0.177 e. The predicted molar refractivity (Wildman–Crippen MR) is 54.7 cm³/mol. The summed E-state index contributed by atoms with van der Waals surface area (Å²) in [6.07, 6.45) is 1.73. The first-order valence-electron chi connectivity index (χ1n) is 3.71. The fraction of sp³-hybridized carbons (Fsp3) is 0.111. The molecular formula is C9H13O3P. The number of rotatable bonds is 3. The molecule has 0 aliphatic carbocycles. The lowest BCUT2D eigenvalue weighted by Crippen LogP contribution is -1.91. The topological polar surface area (TPSA) is 46.5 Å². The Labute approximate surface area is 79.0 Å². The van der Waals surface area contributed by atoms with E-state index in [9.17, 15) is 0 Å². The Balaban J connectivity index is 0.000000424. The van der Waals surface area contributed by atoms with E-state index in [1.54, 1.807) is 6.08 Å². The monoisotopic (exact) mass is 200 g/mol. The number of benzene rings is 1. The van der Waals surface area contributed by atoms with Gasteiger partial charge in [0.15, 0.2) is 8.69 Å². The maximum atomic E-state index is 8.57. The average molecular weight is 200 g/mol. The van der Waals surface area contributed by atoms with Gasteiger partial charge in [0.25, 0.3) is 0 Å². The van der Waals surface area contributed by atoms with Crippen LogP contribution in [-0.4, -0.2) is 11.5 Å². The van der Waals surface area contributed by atoms with E-state index in [4.69, 9.17) is 14.2 Å². The van der Waals surface area contributed by atoms with Gasteiger partial charge in [0.2, 0.25) is 0 Å². The van der Waals surface area contributed by atoms with Crippen molar-refractivity contribution in [3.63, 3.8) is 0 Å². The molecule has 0 aromatic heterocycles. The predicted octanol–water partition coefficient (Wildman–Crippen LogP) is 1.90. The summed E-state index contributed by atoms with van der Waals surface area (Å²) in [5, 5.41) is 0. The number of para-hydroxylation sites is 1. The summed E-state index contributed by atoms with van der Waals surface area (Å²) in [6, 6.07) is 9.69. The van der Waals surface area contributed by atoms with Gasteiger partial charge in [-0.1, -0.05) is 30.9 Å². The lowest BCUT2D eigenvalue weighted by molar-refractivity contribution is 0.363. The molecule has 4 heteroatoms. The van der Waals surface area contributed by atoms with Gasteiger partial charge in [-0.2, -0.15) is 0 Å². The first kappa shape index (κ1) is 11.9. The van der Waals surface area contributed by atoms with Gasteiger partial charge in [0.05, 0.1) is 0 Å². The van der Waals surface area contributed by atoms with Gasteiger partial charge in [-0.15, -0.1) is 0 Å². The molecule has 1 aromatic rings. The molecule has 0 spiro atoms. The summed E-state index contributed by atoms with van der Waals surface area (Å²) in [5.74, 6) is 0.891. The molecule has 1 aromatic carbocycles. The highest BCUT2D eigenvalue weighted by atomic mass is 31.1. The first-order chi connectivity index (χ1) is 6.35. The molecular weight excluding hydrogens is 187 g/mol. The third kappa shape index (κ3) is 7.32. The van der Waals surface area contributed by atoms with E-state index in [1.807, 2.05) is 30.3 Å². The van der Waals surface area contributed by atoms with Crippen molar-refractivity contribution in [1.82, 2.24) is 0 Å². The number of hydrogen-bond donors (Lipinski definition) is 1. The fourth-order valence-electron chi connectivity index (χ4n) is 0.672. The van der Waals surface area contributed by atoms with Crippen molar-refractivity contribution in [3.8, 4) is 5.75 Å². The second-order valence-corrected chi connectivity index (χ2v) is 2.23. The molecule has 0 saturated carbocycles. The van der Waals surface area contributed by atoms with Crippen molar-refractivity contribution < 1.29 is 14.2 Å². The van der Waals surface area contributed by atoms with Crippen molar-refractivity contribution in [2.75, 3.05) is 6.61 Å². The van der Waals surface area contributed by atoms with Crippen LogP contribution in [0.5, 0.6) is 5.75 Å². The van der Waals surface area contributed by atoms with E-state index in [0.29, 0.717) is 6.61 Å². The Morgan fingerprint density at radius 2 is 2.00 bits per heavy atom. The van der Waals surface area contributed by atoms with Crippen LogP contribution >= 0.6 is 8.69 Å². The third-order valence-corrected chi connectivity index (χ3v) is 1.11. The maximum Gasteiger partial charge on any atom is 0.177 e. The van der Waals surface area contributed by atoms with E-state index in [2.05, 4.69) is 6.58 Å². The summed E-state index contributed by atoms with van der Waals surface area (Å²) >= 11 is 0. The zero-order valence-corrected chi connectivity index (χ0v) is 8.37. The molecule has 0 bridgehead atoms. The highest BCUT2D eigenvalue weighted by Gasteiger charge is 1.84. The molecule has 0 aliphatic heterocycles. The van der Waals surface area contributed by atoms with E-state index in [0.717, 1.165) is 5.75 Å². The molecule has 0 heterocycles.